The fourth-order valence-electron chi connectivity index (χ4n) is 3.07. The molecule has 0 radical (unpaired) electrons. The van der Waals surface area contributed by atoms with Crippen LogP contribution in [0.1, 0.15) is 78.6 Å². The van der Waals surface area contributed by atoms with Gasteiger partial charge in [-0.2, -0.15) is 0 Å². The zero-order valence-corrected chi connectivity index (χ0v) is 18.9. The van der Waals surface area contributed by atoms with E-state index in [2.05, 4.69) is 30.9 Å². The first-order chi connectivity index (χ1) is 10.6. The number of hydrogen-bond acceptors (Lipinski definition) is 1. The van der Waals surface area contributed by atoms with E-state index in [4.69, 9.17) is 11.6 Å². The summed E-state index contributed by atoms with van der Waals surface area (Å²) in [5, 5.41) is 10.2. The van der Waals surface area contributed by atoms with Crippen LogP contribution in [0.5, 0.6) is 0 Å². The van der Waals surface area contributed by atoms with Crippen LogP contribution in [0.4, 0.5) is 0 Å². The Labute approximate surface area is 148 Å². The van der Waals surface area contributed by atoms with Gasteiger partial charge in [0.25, 0.3) is 0 Å². The van der Waals surface area contributed by atoms with Crippen molar-refractivity contribution in [1.29, 1.82) is 0 Å². The number of aliphatic hydroxyl groups is 1. The number of unbranched alkanes of at least 4 members (excludes halogenated alkanes) is 4. The first-order valence-electron chi connectivity index (χ1n) is 9.57. The molecule has 0 amide bonds. The Kier molecular flexibility index (Phi) is 15.9. The molecule has 0 aliphatic rings. The van der Waals surface area contributed by atoms with Gasteiger partial charge in [0.1, 0.15) is 0 Å². The van der Waals surface area contributed by atoms with E-state index in [-0.39, 0.29) is 6.10 Å². The van der Waals surface area contributed by atoms with Gasteiger partial charge < -0.3 is 0 Å². The number of aliphatic hydroxyl groups excluding tert-OH is 1. The Morgan fingerprint density at radius 1 is 0.864 bits per heavy atom. The summed E-state index contributed by atoms with van der Waals surface area (Å²) in [6, 6.07) is 0. The van der Waals surface area contributed by atoms with Gasteiger partial charge in [-0.15, -0.1) is 0 Å². The molecular weight excluding hydrogens is 398 g/mol. The van der Waals surface area contributed by atoms with Crippen molar-refractivity contribution in [2.75, 3.05) is 5.88 Å². The van der Waals surface area contributed by atoms with Crippen molar-refractivity contribution in [2.45, 2.75) is 98.0 Å². The third-order valence-corrected chi connectivity index (χ3v) is 19.0. The van der Waals surface area contributed by atoms with Crippen molar-refractivity contribution in [2.24, 2.45) is 0 Å². The molecule has 0 saturated carbocycles. The van der Waals surface area contributed by atoms with Gasteiger partial charge in [0, 0.05) is 0 Å². The second-order valence-electron chi connectivity index (χ2n) is 6.78. The van der Waals surface area contributed by atoms with Crippen LogP contribution in [0, 0.1) is 0 Å². The summed E-state index contributed by atoms with van der Waals surface area (Å²) in [7, 11) is 0. The van der Waals surface area contributed by atoms with Gasteiger partial charge in [0.15, 0.2) is 0 Å². The maximum atomic E-state index is 10.2. The summed E-state index contributed by atoms with van der Waals surface area (Å²) < 4.78 is 7.03. The number of alkyl halides is 1. The second kappa shape index (κ2) is 15.3. The fourth-order valence-corrected chi connectivity index (χ4v) is 17.7. The molecular formula is C19H39ClOSn. The summed E-state index contributed by atoms with van der Waals surface area (Å²) in [5.41, 5.74) is 0. The molecule has 0 aliphatic heterocycles. The minimum atomic E-state index is -2.18. The molecule has 0 aromatic carbocycles. The molecule has 0 unspecified atom stereocenters. The van der Waals surface area contributed by atoms with Crippen molar-refractivity contribution in [3.8, 4) is 0 Å². The first kappa shape index (κ1) is 22.8. The molecule has 0 rings (SSSR count). The van der Waals surface area contributed by atoms with Crippen LogP contribution in [0.3, 0.4) is 0 Å². The maximum absolute atomic E-state index is 10.2. The molecule has 3 heteroatoms. The molecule has 0 aliphatic carbocycles. The number of hydrogen-bond donors (Lipinski definition) is 1. The van der Waals surface area contributed by atoms with E-state index >= 15 is 0 Å². The van der Waals surface area contributed by atoms with E-state index in [0.717, 1.165) is 19.3 Å². The molecule has 22 heavy (non-hydrogen) atoms. The Hall–Kier alpha value is 0.789. The zero-order chi connectivity index (χ0) is 16.7. The molecule has 1 nitrogen and oxygen atoms in total. The van der Waals surface area contributed by atoms with E-state index in [0.29, 0.717) is 5.88 Å². The van der Waals surface area contributed by atoms with E-state index in [1.54, 1.807) is 0 Å². The van der Waals surface area contributed by atoms with Crippen LogP contribution < -0.4 is 0 Å². The molecule has 0 heterocycles. The topological polar surface area (TPSA) is 20.2 Å². The third kappa shape index (κ3) is 11.3. The van der Waals surface area contributed by atoms with Crippen LogP contribution in [-0.2, 0) is 0 Å². The van der Waals surface area contributed by atoms with Crippen molar-refractivity contribution < 1.29 is 5.11 Å². The summed E-state index contributed by atoms with van der Waals surface area (Å²) >= 11 is 3.54. The van der Waals surface area contributed by atoms with E-state index < -0.39 is 18.4 Å². The molecule has 1 atom stereocenters. The van der Waals surface area contributed by atoms with Crippen LogP contribution >= 0.6 is 11.6 Å². The van der Waals surface area contributed by atoms with E-state index in [9.17, 15) is 5.11 Å². The summed E-state index contributed by atoms with van der Waals surface area (Å²) in [6.07, 6.45) is 12.9. The molecule has 0 saturated heterocycles. The molecule has 0 aromatic heterocycles. The third-order valence-electron chi connectivity index (χ3n) is 4.64. The van der Waals surface area contributed by atoms with Crippen molar-refractivity contribution in [3.63, 3.8) is 0 Å². The van der Waals surface area contributed by atoms with Crippen LogP contribution in [-0.4, -0.2) is 35.5 Å². The Morgan fingerprint density at radius 3 is 1.77 bits per heavy atom. The molecule has 1 N–H and O–H groups in total. The van der Waals surface area contributed by atoms with Crippen molar-refractivity contribution in [3.05, 3.63) is 10.2 Å². The SMILES string of the molecule is CCC[CH2][Sn](/[CH]=C/[C@@H](O)CCCCCl)([CH2]CCC)[CH2]CCC. The van der Waals surface area contributed by atoms with E-state index in [1.807, 2.05) is 0 Å². The summed E-state index contributed by atoms with van der Waals surface area (Å²) in [6.45, 7) is 6.92. The van der Waals surface area contributed by atoms with Gasteiger partial charge in [-0.3, -0.25) is 0 Å². The van der Waals surface area contributed by atoms with Crippen LogP contribution in [0.2, 0.25) is 13.3 Å². The first-order valence-corrected chi connectivity index (χ1v) is 17.8. The van der Waals surface area contributed by atoms with Gasteiger partial charge in [-0.05, 0) is 0 Å². The molecule has 0 aromatic rings. The van der Waals surface area contributed by atoms with Gasteiger partial charge in [0.05, 0.1) is 0 Å². The average Bonchev–Trinajstić information content (AvgIpc) is 2.54. The van der Waals surface area contributed by atoms with Crippen molar-refractivity contribution >= 4 is 30.0 Å². The molecule has 132 valence electrons. The van der Waals surface area contributed by atoms with Crippen LogP contribution in [0.25, 0.3) is 0 Å². The molecule has 0 fully saturated rings. The zero-order valence-electron chi connectivity index (χ0n) is 15.2. The normalized spacial score (nSPS) is 13.9. The standard InChI is InChI=1S/C7H12ClO.3C4H9.Sn/c1-2-7(9)5-3-4-6-8;3*1-3-4-2;/h1-2,7,9H,3-6H2;3*1,3-4H2,2H3;/t7-;;;;/m1..../s1. The Balaban J connectivity index is 4.74. The van der Waals surface area contributed by atoms with E-state index in [1.165, 1.54) is 51.8 Å². The number of halogens is 1. The van der Waals surface area contributed by atoms with Gasteiger partial charge in [-0.1, -0.05) is 0 Å². The average molecular weight is 438 g/mol. The summed E-state index contributed by atoms with van der Waals surface area (Å²) in [5.74, 6) is 0.711. The van der Waals surface area contributed by atoms with Crippen LogP contribution in [0.15, 0.2) is 10.2 Å². The second-order valence-corrected chi connectivity index (χ2v) is 20.2. The Morgan fingerprint density at radius 2 is 1.36 bits per heavy atom. The predicted octanol–water partition coefficient (Wildman–Crippen LogP) is 6.70. The summed E-state index contributed by atoms with van der Waals surface area (Å²) in [4.78, 5) is 0. The predicted molar refractivity (Wildman–Crippen MR) is 105 cm³/mol. The van der Waals surface area contributed by atoms with Gasteiger partial charge >= 0.3 is 149 Å². The Bertz CT molecular complexity index is 246. The minimum absolute atomic E-state index is 0.246. The van der Waals surface area contributed by atoms with Gasteiger partial charge in [-0.25, -0.2) is 0 Å². The van der Waals surface area contributed by atoms with Crippen molar-refractivity contribution in [1.82, 2.24) is 0 Å². The monoisotopic (exact) mass is 438 g/mol. The molecule has 0 spiro atoms. The quantitative estimate of drug-likeness (QED) is 0.172. The number of rotatable bonds is 15. The fraction of sp³-hybridized carbons (Fsp3) is 0.895. The van der Waals surface area contributed by atoms with Gasteiger partial charge in [0.2, 0.25) is 0 Å². The molecule has 0 bridgehead atoms.